The number of rotatable bonds is 6. The van der Waals surface area contributed by atoms with Crippen molar-refractivity contribution in [2.24, 2.45) is 12.5 Å². The molecule has 2 aliphatic heterocycles. The van der Waals surface area contributed by atoms with Crippen LogP contribution in [0.1, 0.15) is 54.2 Å². The second-order valence-electron chi connectivity index (χ2n) is 12.3. The maximum absolute atomic E-state index is 13.8. The summed E-state index contributed by atoms with van der Waals surface area (Å²) >= 11 is 6.28. The number of halogens is 1. The van der Waals surface area contributed by atoms with Crippen molar-refractivity contribution in [2.75, 3.05) is 42.9 Å². The number of hydroxylamine groups is 2. The third kappa shape index (κ3) is 7.06. The molecule has 224 valence electrons. The van der Waals surface area contributed by atoms with Gasteiger partial charge in [0, 0.05) is 55.9 Å². The Kier molecular flexibility index (Phi) is 8.77. The van der Waals surface area contributed by atoms with Crippen LogP contribution in [-0.2, 0) is 25.0 Å². The number of aromatic nitrogens is 2. The molecule has 10 nitrogen and oxygen atoms in total. The summed E-state index contributed by atoms with van der Waals surface area (Å²) in [4.78, 5) is 36.0. The van der Waals surface area contributed by atoms with E-state index in [1.54, 1.807) is 33.0 Å². The minimum Gasteiger partial charge on any atom is -0.351 e. The number of nitrogens with zero attached hydrogens (tertiary/aromatic N) is 5. The average Bonchev–Trinajstić information content (AvgIpc) is 3.19. The first kappa shape index (κ1) is 29.9. The minimum absolute atomic E-state index is 0.138. The zero-order valence-corrected chi connectivity index (χ0v) is 25.8. The van der Waals surface area contributed by atoms with E-state index in [1.807, 2.05) is 38.2 Å². The van der Waals surface area contributed by atoms with Gasteiger partial charge in [0.1, 0.15) is 5.82 Å². The molecule has 1 fully saturated rings. The van der Waals surface area contributed by atoms with Crippen LogP contribution in [0.25, 0.3) is 0 Å². The molecule has 2 aliphatic rings. The number of carbonyl (C=O) groups excluding carboxylic acids is 2. The van der Waals surface area contributed by atoms with Crippen molar-refractivity contribution in [1.82, 2.24) is 25.1 Å². The second-order valence-corrected chi connectivity index (χ2v) is 12.7. The van der Waals surface area contributed by atoms with Crippen molar-refractivity contribution in [3.05, 3.63) is 69.9 Å². The number of hydrogen-bond donors (Lipinski definition) is 2. The van der Waals surface area contributed by atoms with Gasteiger partial charge in [0.25, 0.3) is 5.91 Å². The molecule has 0 atom stereocenters. The Morgan fingerprint density at radius 3 is 2.57 bits per heavy atom. The molecule has 1 aromatic heterocycles. The van der Waals surface area contributed by atoms with Gasteiger partial charge in [0.05, 0.1) is 24.1 Å². The molecule has 42 heavy (non-hydrogen) atoms. The average molecular weight is 594 g/mol. The lowest BCUT2D eigenvalue weighted by molar-refractivity contribution is -0.123. The molecule has 0 aliphatic carbocycles. The van der Waals surface area contributed by atoms with Crippen molar-refractivity contribution >= 4 is 40.8 Å². The predicted octanol–water partition coefficient (Wildman–Crippen LogP) is 5.48. The smallest absolute Gasteiger partial charge is 0.351 e. The van der Waals surface area contributed by atoms with E-state index in [-0.39, 0.29) is 5.91 Å². The Bertz CT molecular complexity index is 1460. The first-order chi connectivity index (χ1) is 20.0. The molecule has 5 rings (SSSR count). The van der Waals surface area contributed by atoms with E-state index < -0.39 is 6.09 Å². The summed E-state index contributed by atoms with van der Waals surface area (Å²) in [6.45, 7) is 13.6. The molecule has 3 heterocycles. The van der Waals surface area contributed by atoms with Crippen molar-refractivity contribution in [1.29, 1.82) is 0 Å². The van der Waals surface area contributed by atoms with Crippen LogP contribution in [0.2, 0.25) is 5.02 Å². The number of piperazine rings is 1. The lowest BCUT2D eigenvalue weighted by Crippen LogP contribution is -2.48. The van der Waals surface area contributed by atoms with Crippen LogP contribution in [0.15, 0.2) is 42.6 Å². The van der Waals surface area contributed by atoms with Gasteiger partial charge in [-0.2, -0.15) is 5.10 Å². The van der Waals surface area contributed by atoms with E-state index in [2.05, 4.69) is 41.4 Å². The highest BCUT2D eigenvalue weighted by Crippen LogP contribution is 2.38. The lowest BCUT2D eigenvalue weighted by atomic mass is 9.92. The van der Waals surface area contributed by atoms with Crippen LogP contribution in [-0.4, -0.2) is 64.5 Å². The number of carbonyl (C=O) groups is 2. The van der Waals surface area contributed by atoms with Crippen molar-refractivity contribution in [2.45, 2.75) is 47.2 Å². The number of fused-ring (bicyclic) bond motifs is 2. The molecule has 1 saturated heterocycles. The Morgan fingerprint density at radius 2 is 1.86 bits per heavy atom. The van der Waals surface area contributed by atoms with Gasteiger partial charge < -0.3 is 25.3 Å². The molecule has 0 spiro atoms. The number of amides is 2. The third-order valence-corrected chi connectivity index (χ3v) is 8.06. The molecule has 0 bridgehead atoms. The maximum Gasteiger partial charge on any atom is 0.426 e. The zero-order chi connectivity index (χ0) is 30.0. The number of aryl methyl sites for hydroxylation is 2. The monoisotopic (exact) mass is 593 g/mol. The predicted molar refractivity (Wildman–Crippen MR) is 165 cm³/mol. The molecule has 0 saturated carbocycles. The van der Waals surface area contributed by atoms with Gasteiger partial charge >= 0.3 is 6.09 Å². The van der Waals surface area contributed by atoms with Gasteiger partial charge in [-0.25, -0.2) is 4.79 Å². The molecular formula is C31H40ClN7O3. The maximum atomic E-state index is 13.8. The van der Waals surface area contributed by atoms with E-state index in [9.17, 15) is 9.59 Å². The van der Waals surface area contributed by atoms with Crippen LogP contribution in [0.4, 0.5) is 22.0 Å². The molecule has 3 aromatic rings. The van der Waals surface area contributed by atoms with Gasteiger partial charge in [-0.3, -0.25) is 9.48 Å². The summed E-state index contributed by atoms with van der Waals surface area (Å²) in [5.41, 5.74) is 5.06. The van der Waals surface area contributed by atoms with Crippen LogP contribution in [0, 0.1) is 12.3 Å². The summed E-state index contributed by atoms with van der Waals surface area (Å²) in [6.07, 6.45) is 2.43. The highest BCUT2D eigenvalue weighted by molar-refractivity contribution is 6.31. The molecule has 2 aromatic carbocycles. The van der Waals surface area contributed by atoms with Crippen LogP contribution in [0.5, 0.6) is 0 Å². The zero-order valence-electron chi connectivity index (χ0n) is 25.0. The number of hydrogen-bond acceptors (Lipinski definition) is 7. The van der Waals surface area contributed by atoms with Crippen molar-refractivity contribution in [3.8, 4) is 0 Å². The summed E-state index contributed by atoms with van der Waals surface area (Å²) in [6, 6.07) is 11.0. The molecule has 2 amide bonds. The Morgan fingerprint density at radius 1 is 1.10 bits per heavy atom. The van der Waals surface area contributed by atoms with Crippen LogP contribution >= 0.6 is 11.6 Å². The standard InChI is InChI=1S/C31H40ClN7O3/c1-21-16-22(29(40)39-20-24-19-34-36(5)28(24)35-26-17-25(32)8-9-27(26)39)6-7-23(21)18-33-30(41)42-38-14-12-37(13-15-38)11-10-31(2,3)4/h6-9,16-17,19,35H,10-15,18,20H2,1-5H3,(H,33,41). The molecule has 2 N–H and O–H groups in total. The normalized spacial score (nSPS) is 15.8. The largest absolute Gasteiger partial charge is 0.426 e. The van der Waals surface area contributed by atoms with Crippen molar-refractivity contribution < 1.29 is 14.4 Å². The Hall–Kier alpha value is -3.60. The fourth-order valence-corrected chi connectivity index (χ4v) is 5.38. The van der Waals surface area contributed by atoms with Gasteiger partial charge in [-0.05, 0) is 66.8 Å². The van der Waals surface area contributed by atoms with E-state index >= 15 is 0 Å². The van der Waals surface area contributed by atoms with E-state index in [4.69, 9.17) is 16.4 Å². The molecule has 0 radical (unpaired) electrons. The summed E-state index contributed by atoms with van der Waals surface area (Å²) in [7, 11) is 1.86. The Balaban J connectivity index is 1.19. The quantitative estimate of drug-likeness (QED) is 0.391. The van der Waals surface area contributed by atoms with E-state index in [0.29, 0.717) is 42.2 Å². The topological polar surface area (TPSA) is 95.0 Å². The van der Waals surface area contributed by atoms with Gasteiger partial charge in [0.15, 0.2) is 0 Å². The number of benzene rings is 2. The second kappa shape index (κ2) is 12.3. The van der Waals surface area contributed by atoms with E-state index in [0.717, 1.165) is 59.9 Å². The van der Waals surface area contributed by atoms with Crippen LogP contribution in [0.3, 0.4) is 0 Å². The third-order valence-electron chi connectivity index (χ3n) is 7.82. The number of nitrogens with one attached hydrogen (secondary N) is 2. The summed E-state index contributed by atoms with van der Waals surface area (Å²) in [5, 5.41) is 12.9. The highest BCUT2D eigenvalue weighted by Gasteiger charge is 2.27. The van der Waals surface area contributed by atoms with Gasteiger partial charge in [-0.15, -0.1) is 5.06 Å². The molecule has 0 unspecified atom stereocenters. The van der Waals surface area contributed by atoms with E-state index in [1.165, 1.54) is 0 Å². The molecular weight excluding hydrogens is 554 g/mol. The highest BCUT2D eigenvalue weighted by atomic mass is 35.5. The first-order valence-electron chi connectivity index (χ1n) is 14.4. The fraction of sp³-hybridized carbons (Fsp3) is 0.452. The molecule has 11 heteroatoms. The summed E-state index contributed by atoms with van der Waals surface area (Å²) < 4.78 is 1.75. The van der Waals surface area contributed by atoms with Gasteiger partial charge in [-0.1, -0.05) is 38.4 Å². The first-order valence-corrected chi connectivity index (χ1v) is 14.8. The van der Waals surface area contributed by atoms with Crippen molar-refractivity contribution in [3.63, 3.8) is 0 Å². The fourth-order valence-electron chi connectivity index (χ4n) is 5.21. The SMILES string of the molecule is Cc1cc(C(=O)N2Cc3cnn(C)c3Nc3cc(Cl)ccc32)ccc1CNC(=O)ON1CCN(CCC(C)(C)C)CC1. The van der Waals surface area contributed by atoms with Crippen LogP contribution < -0.4 is 15.5 Å². The van der Waals surface area contributed by atoms with Gasteiger partial charge in [0.2, 0.25) is 0 Å². The summed E-state index contributed by atoms with van der Waals surface area (Å²) in [5.74, 6) is 0.682. The Labute approximate surface area is 252 Å². The number of anilines is 3. The minimum atomic E-state index is -0.475. The lowest BCUT2D eigenvalue weighted by Gasteiger charge is -2.34.